The van der Waals surface area contributed by atoms with Crippen LogP contribution in [0.25, 0.3) is 0 Å². The topological polar surface area (TPSA) is 50.9 Å². The molecule has 3 nitrogen and oxygen atoms in total. The van der Waals surface area contributed by atoms with Crippen molar-refractivity contribution in [1.82, 2.24) is 4.98 Å². The Kier molecular flexibility index (Phi) is 3.64. The minimum atomic E-state index is 0.192. The monoisotopic (exact) mass is 291 g/mol. The van der Waals surface area contributed by atoms with Crippen molar-refractivity contribution >= 4 is 27.3 Å². The molecule has 0 aliphatic heterocycles. The van der Waals surface area contributed by atoms with Gasteiger partial charge < -0.3 is 11.1 Å². The van der Waals surface area contributed by atoms with Crippen LogP contribution in [0.1, 0.15) is 18.5 Å². The molecule has 4 heteroatoms. The first-order chi connectivity index (χ1) is 8.18. The third kappa shape index (κ3) is 2.77. The fourth-order valence-electron chi connectivity index (χ4n) is 1.64. The number of hydrogen-bond donors (Lipinski definition) is 2. The fraction of sp³-hybridized carbons (Fsp3) is 0.154. The van der Waals surface area contributed by atoms with Crippen LogP contribution >= 0.6 is 15.9 Å². The second kappa shape index (κ2) is 5.19. The molecule has 3 N–H and O–H groups in total. The fourth-order valence-corrected chi connectivity index (χ4v) is 2.11. The van der Waals surface area contributed by atoms with E-state index < -0.39 is 0 Å². The molecule has 0 bridgehead atoms. The van der Waals surface area contributed by atoms with Crippen molar-refractivity contribution in [2.75, 3.05) is 11.1 Å². The highest BCUT2D eigenvalue weighted by atomic mass is 79.9. The van der Waals surface area contributed by atoms with Crippen LogP contribution in [0.4, 0.5) is 11.4 Å². The number of aromatic nitrogens is 1. The van der Waals surface area contributed by atoms with Gasteiger partial charge in [-0.05, 0) is 28.4 Å². The van der Waals surface area contributed by atoms with Crippen LogP contribution in [-0.4, -0.2) is 4.98 Å². The summed E-state index contributed by atoms with van der Waals surface area (Å²) in [6, 6.07) is 10.4. The first-order valence-corrected chi connectivity index (χ1v) is 6.18. The molecule has 0 saturated carbocycles. The largest absolute Gasteiger partial charge is 0.396 e. The Hall–Kier alpha value is -1.55. The smallest absolute Gasteiger partial charge is 0.0754 e. The molecule has 17 heavy (non-hydrogen) atoms. The molecule has 0 aliphatic carbocycles. The molecule has 0 saturated heterocycles. The lowest BCUT2D eigenvalue weighted by Crippen LogP contribution is -2.09. The lowest BCUT2D eigenvalue weighted by molar-refractivity contribution is 0.883. The van der Waals surface area contributed by atoms with E-state index in [1.807, 2.05) is 18.2 Å². The third-order valence-corrected chi connectivity index (χ3v) is 3.19. The van der Waals surface area contributed by atoms with Gasteiger partial charge in [-0.3, -0.25) is 4.98 Å². The van der Waals surface area contributed by atoms with Crippen LogP contribution in [-0.2, 0) is 0 Å². The molecule has 1 heterocycles. The lowest BCUT2D eigenvalue weighted by Gasteiger charge is -2.18. The summed E-state index contributed by atoms with van der Waals surface area (Å²) in [6.07, 6.45) is 3.38. The van der Waals surface area contributed by atoms with Gasteiger partial charge >= 0.3 is 0 Å². The van der Waals surface area contributed by atoms with Crippen molar-refractivity contribution in [2.24, 2.45) is 0 Å². The minimum absolute atomic E-state index is 0.192. The molecule has 1 aromatic carbocycles. The van der Waals surface area contributed by atoms with E-state index in [1.54, 1.807) is 12.4 Å². The highest BCUT2D eigenvalue weighted by Gasteiger charge is 2.09. The molecule has 0 spiro atoms. The number of nitrogens with zero attached hydrogens (tertiary/aromatic N) is 1. The average molecular weight is 292 g/mol. The van der Waals surface area contributed by atoms with Gasteiger partial charge in [-0.1, -0.05) is 30.3 Å². The Morgan fingerprint density at radius 2 is 1.94 bits per heavy atom. The van der Waals surface area contributed by atoms with Gasteiger partial charge in [-0.25, -0.2) is 0 Å². The van der Waals surface area contributed by atoms with E-state index in [1.165, 1.54) is 5.56 Å². The maximum Gasteiger partial charge on any atom is 0.0754 e. The number of pyridine rings is 1. The molecule has 1 aromatic heterocycles. The molecule has 0 amide bonds. The summed E-state index contributed by atoms with van der Waals surface area (Å²) in [5.74, 6) is 0. The lowest BCUT2D eigenvalue weighted by atomic mass is 10.1. The average Bonchev–Trinajstić information content (AvgIpc) is 2.35. The Morgan fingerprint density at radius 1 is 1.24 bits per heavy atom. The number of nitrogens with one attached hydrogen (secondary N) is 1. The second-order valence-electron chi connectivity index (χ2n) is 3.86. The number of rotatable bonds is 3. The van der Waals surface area contributed by atoms with Crippen molar-refractivity contribution < 1.29 is 0 Å². The molecule has 88 valence electrons. The third-order valence-electron chi connectivity index (χ3n) is 2.59. The molecule has 1 atom stereocenters. The van der Waals surface area contributed by atoms with E-state index in [4.69, 9.17) is 5.73 Å². The van der Waals surface area contributed by atoms with Gasteiger partial charge in [0.1, 0.15) is 0 Å². The summed E-state index contributed by atoms with van der Waals surface area (Å²) >= 11 is 3.44. The molecule has 0 fully saturated rings. The van der Waals surface area contributed by atoms with Crippen LogP contribution in [0, 0.1) is 0 Å². The summed E-state index contributed by atoms with van der Waals surface area (Å²) in [4.78, 5) is 4.01. The highest BCUT2D eigenvalue weighted by molar-refractivity contribution is 9.10. The summed E-state index contributed by atoms with van der Waals surface area (Å²) in [7, 11) is 0. The Bertz CT molecular complexity index is 479. The second-order valence-corrected chi connectivity index (χ2v) is 4.72. The predicted molar refractivity (Wildman–Crippen MR) is 74.8 cm³/mol. The SMILES string of the molecule is CC(Nc1c(N)cncc1Br)c1ccccc1. The number of hydrogen-bond acceptors (Lipinski definition) is 3. The minimum Gasteiger partial charge on any atom is -0.396 e. The molecule has 1 unspecified atom stereocenters. The van der Waals surface area contributed by atoms with Gasteiger partial charge in [0, 0.05) is 12.2 Å². The van der Waals surface area contributed by atoms with E-state index in [-0.39, 0.29) is 6.04 Å². The van der Waals surface area contributed by atoms with Gasteiger partial charge in [-0.15, -0.1) is 0 Å². The summed E-state index contributed by atoms with van der Waals surface area (Å²) in [5.41, 5.74) is 8.64. The van der Waals surface area contributed by atoms with Crippen LogP contribution in [0.3, 0.4) is 0 Å². The van der Waals surface area contributed by atoms with Gasteiger partial charge in [-0.2, -0.15) is 0 Å². The summed E-state index contributed by atoms with van der Waals surface area (Å²) in [6.45, 7) is 2.10. The first kappa shape index (κ1) is 11.9. The first-order valence-electron chi connectivity index (χ1n) is 5.39. The number of benzene rings is 1. The predicted octanol–water partition coefficient (Wildman–Crippen LogP) is 3.60. The Morgan fingerprint density at radius 3 is 2.59 bits per heavy atom. The van der Waals surface area contributed by atoms with Crippen molar-refractivity contribution in [2.45, 2.75) is 13.0 Å². The zero-order chi connectivity index (χ0) is 12.3. The van der Waals surface area contributed by atoms with Gasteiger partial charge in [0.05, 0.1) is 22.0 Å². The summed E-state index contributed by atoms with van der Waals surface area (Å²) in [5, 5.41) is 3.38. The quantitative estimate of drug-likeness (QED) is 0.908. The molecule has 0 aliphatic rings. The normalized spacial score (nSPS) is 12.1. The number of nitrogen functional groups attached to an aromatic ring is 1. The molecule has 0 radical (unpaired) electrons. The van der Waals surface area contributed by atoms with E-state index in [0.29, 0.717) is 5.69 Å². The zero-order valence-corrected chi connectivity index (χ0v) is 11.1. The van der Waals surface area contributed by atoms with Crippen molar-refractivity contribution in [3.05, 3.63) is 52.8 Å². The Labute approximate surface area is 109 Å². The number of nitrogens with two attached hydrogens (primary N) is 1. The summed E-state index contributed by atoms with van der Waals surface area (Å²) < 4.78 is 0.875. The van der Waals surface area contributed by atoms with E-state index in [2.05, 4.69) is 45.3 Å². The van der Waals surface area contributed by atoms with Gasteiger partial charge in [0.25, 0.3) is 0 Å². The van der Waals surface area contributed by atoms with Crippen LogP contribution in [0.5, 0.6) is 0 Å². The van der Waals surface area contributed by atoms with Crippen molar-refractivity contribution in [3.8, 4) is 0 Å². The van der Waals surface area contributed by atoms with Crippen molar-refractivity contribution in [1.29, 1.82) is 0 Å². The van der Waals surface area contributed by atoms with E-state index >= 15 is 0 Å². The zero-order valence-electron chi connectivity index (χ0n) is 9.52. The molecule has 2 rings (SSSR count). The molecule has 2 aromatic rings. The highest BCUT2D eigenvalue weighted by Crippen LogP contribution is 2.30. The standard InChI is InChI=1S/C13H14BrN3/c1-9(10-5-3-2-4-6-10)17-13-11(14)7-16-8-12(13)15/h2-9H,15H2,1H3,(H,16,17). The van der Waals surface area contributed by atoms with E-state index in [9.17, 15) is 0 Å². The molecular formula is C13H14BrN3. The number of anilines is 2. The van der Waals surface area contributed by atoms with Crippen molar-refractivity contribution in [3.63, 3.8) is 0 Å². The van der Waals surface area contributed by atoms with Crippen LogP contribution in [0.15, 0.2) is 47.2 Å². The van der Waals surface area contributed by atoms with Gasteiger partial charge in [0.2, 0.25) is 0 Å². The Balaban J connectivity index is 2.22. The van der Waals surface area contributed by atoms with Crippen LogP contribution in [0.2, 0.25) is 0 Å². The van der Waals surface area contributed by atoms with Gasteiger partial charge in [0.15, 0.2) is 0 Å². The maximum atomic E-state index is 5.89. The molecular weight excluding hydrogens is 278 g/mol. The maximum absolute atomic E-state index is 5.89. The van der Waals surface area contributed by atoms with E-state index in [0.717, 1.165) is 10.2 Å². The number of halogens is 1. The van der Waals surface area contributed by atoms with Crippen LogP contribution < -0.4 is 11.1 Å².